The van der Waals surface area contributed by atoms with E-state index in [1.165, 1.54) is 93.7 Å². The third kappa shape index (κ3) is 6.37. The van der Waals surface area contributed by atoms with E-state index in [0.29, 0.717) is 0 Å². The maximum atomic E-state index is 3.88. The Bertz CT molecular complexity index is 3290. The Morgan fingerprint density at radius 3 is 1.20 bits per heavy atom. The first-order valence-corrected chi connectivity index (χ1v) is 20.9. The van der Waals surface area contributed by atoms with Gasteiger partial charge in [0.05, 0.1) is 16.6 Å². The van der Waals surface area contributed by atoms with Gasteiger partial charge in [0.25, 0.3) is 0 Å². The van der Waals surface area contributed by atoms with E-state index in [1.807, 2.05) is 12.2 Å². The van der Waals surface area contributed by atoms with Crippen LogP contribution < -0.4 is 4.90 Å². The second-order valence-corrected chi connectivity index (χ2v) is 15.9. The van der Waals surface area contributed by atoms with Gasteiger partial charge in [-0.25, -0.2) is 0 Å². The average molecular weight is 779 g/mol. The van der Waals surface area contributed by atoms with Gasteiger partial charge in [-0.15, -0.1) is 0 Å². The van der Waals surface area contributed by atoms with E-state index >= 15 is 0 Å². The van der Waals surface area contributed by atoms with E-state index in [0.717, 1.165) is 17.1 Å². The second-order valence-electron chi connectivity index (χ2n) is 15.9. The van der Waals surface area contributed by atoms with E-state index in [1.54, 1.807) is 0 Å². The molecule has 2 nitrogen and oxygen atoms in total. The molecule has 0 spiro atoms. The number of anilines is 3. The van der Waals surface area contributed by atoms with Crippen LogP contribution in [-0.4, -0.2) is 4.40 Å². The van der Waals surface area contributed by atoms with Crippen molar-refractivity contribution in [3.8, 4) is 44.5 Å². The summed E-state index contributed by atoms with van der Waals surface area (Å²) in [7, 11) is 0. The first-order chi connectivity index (χ1) is 30.1. The molecule has 0 aliphatic carbocycles. The van der Waals surface area contributed by atoms with Gasteiger partial charge in [0, 0.05) is 38.6 Å². The summed E-state index contributed by atoms with van der Waals surface area (Å²) < 4.78 is 2.44. The largest absolute Gasteiger partial charge is 0.311 e. The number of allylic oxidation sites excluding steroid dienone is 3. The molecule has 61 heavy (non-hydrogen) atoms. The second kappa shape index (κ2) is 15.0. The Morgan fingerprint density at radius 2 is 0.754 bits per heavy atom. The van der Waals surface area contributed by atoms with Crippen molar-refractivity contribution in [2.75, 3.05) is 4.90 Å². The van der Waals surface area contributed by atoms with Crippen molar-refractivity contribution in [1.82, 2.24) is 4.40 Å². The number of rotatable bonds is 9. The van der Waals surface area contributed by atoms with Crippen molar-refractivity contribution in [2.45, 2.75) is 6.92 Å². The third-order valence-corrected chi connectivity index (χ3v) is 12.3. The van der Waals surface area contributed by atoms with E-state index < -0.39 is 0 Å². The van der Waals surface area contributed by atoms with Crippen molar-refractivity contribution >= 4 is 60.7 Å². The van der Waals surface area contributed by atoms with Crippen molar-refractivity contribution in [1.29, 1.82) is 0 Å². The monoisotopic (exact) mass is 778 g/mol. The summed E-state index contributed by atoms with van der Waals surface area (Å²) in [5.41, 5.74) is 19.1. The first kappa shape index (κ1) is 36.2. The maximum absolute atomic E-state index is 3.88. The number of fused-ring (bicyclic) bond motifs is 6. The van der Waals surface area contributed by atoms with Gasteiger partial charge in [0.15, 0.2) is 0 Å². The van der Waals surface area contributed by atoms with Crippen LogP contribution in [0.25, 0.3) is 88.2 Å². The average Bonchev–Trinajstić information content (AvgIpc) is 3.85. The molecule has 0 aliphatic heterocycles. The van der Waals surface area contributed by atoms with Gasteiger partial charge in [0.1, 0.15) is 0 Å². The lowest BCUT2D eigenvalue weighted by Gasteiger charge is -2.26. The summed E-state index contributed by atoms with van der Waals surface area (Å²) in [5.74, 6) is 0. The molecular weight excluding hydrogens is 737 g/mol. The fraction of sp³-hybridized carbons (Fsp3) is 0.0169. The molecule has 2 aromatic heterocycles. The lowest BCUT2D eigenvalue weighted by Crippen LogP contribution is -2.09. The van der Waals surface area contributed by atoms with Crippen LogP contribution >= 0.6 is 0 Å². The van der Waals surface area contributed by atoms with E-state index in [-0.39, 0.29) is 0 Å². The molecule has 0 aliphatic rings. The quantitative estimate of drug-likeness (QED) is 0.132. The molecule has 2 heterocycles. The zero-order chi connectivity index (χ0) is 40.9. The number of aromatic nitrogens is 1. The summed E-state index contributed by atoms with van der Waals surface area (Å²) in [4.78, 5) is 2.32. The zero-order valence-corrected chi connectivity index (χ0v) is 34.0. The molecular formula is C59H42N2. The lowest BCUT2D eigenvalue weighted by atomic mass is 9.96. The zero-order valence-electron chi connectivity index (χ0n) is 34.0. The number of nitrogens with zero attached hydrogens (tertiary/aromatic N) is 2. The highest BCUT2D eigenvalue weighted by Gasteiger charge is 2.19. The Hall–Kier alpha value is -7.94. The SMILES string of the molecule is C=C/C=C(\C)c1ccc(N(c2ccc(-c3ccccc3)cc2)c2ccc(-c3ccc(-c4ccc(-c5cc6c7ccccc7n7c8ccccc8c(c5)c67)cc4)cc3)cc2)cc1. The molecule has 0 atom stereocenters. The van der Waals surface area contributed by atoms with Crippen molar-refractivity contribution in [2.24, 2.45) is 0 Å². The highest BCUT2D eigenvalue weighted by molar-refractivity contribution is 6.24. The fourth-order valence-corrected chi connectivity index (χ4v) is 9.16. The minimum absolute atomic E-state index is 1.10. The standard InChI is InChI=1S/C59H42N2/c1-3-11-40(2)41-26-32-50(33-27-41)60(51-34-28-46(29-35-51)42-12-5-4-6-13-42)52-36-30-47(31-37-52)45-20-18-43(19-21-45)44-22-24-48(25-23-44)49-38-55-53-14-7-9-16-57(53)61-58-17-10-8-15-54(58)56(39-49)59(55)61/h3-39H,1H2,2H3/b40-11+. The van der Waals surface area contributed by atoms with Gasteiger partial charge in [-0.3, -0.25) is 0 Å². The third-order valence-electron chi connectivity index (χ3n) is 12.3. The molecule has 0 unspecified atom stereocenters. The number of hydrogen-bond donors (Lipinski definition) is 0. The molecule has 288 valence electrons. The maximum Gasteiger partial charge on any atom is 0.0620 e. The van der Waals surface area contributed by atoms with Crippen LogP contribution in [0.2, 0.25) is 0 Å². The number of para-hydroxylation sites is 2. The Labute approximate surface area is 356 Å². The van der Waals surface area contributed by atoms with Crippen LogP contribution in [0.5, 0.6) is 0 Å². The molecule has 0 saturated heterocycles. The van der Waals surface area contributed by atoms with E-state index in [4.69, 9.17) is 0 Å². The highest BCUT2D eigenvalue weighted by Crippen LogP contribution is 2.42. The topological polar surface area (TPSA) is 7.65 Å². The molecule has 0 fully saturated rings. The normalized spacial score (nSPS) is 11.9. The molecule has 0 radical (unpaired) electrons. The summed E-state index contributed by atoms with van der Waals surface area (Å²) in [5, 5.41) is 5.20. The molecule has 0 bridgehead atoms. The van der Waals surface area contributed by atoms with Crippen molar-refractivity contribution in [3.05, 3.63) is 237 Å². The van der Waals surface area contributed by atoms with Crippen LogP contribution in [-0.2, 0) is 0 Å². The van der Waals surface area contributed by atoms with E-state index in [9.17, 15) is 0 Å². The molecule has 9 aromatic carbocycles. The van der Waals surface area contributed by atoms with Crippen LogP contribution in [0, 0.1) is 0 Å². The Balaban J connectivity index is 0.872. The summed E-state index contributed by atoms with van der Waals surface area (Å²) in [6.45, 7) is 6.00. The highest BCUT2D eigenvalue weighted by atomic mass is 15.1. The smallest absolute Gasteiger partial charge is 0.0620 e. The molecule has 2 heteroatoms. The van der Waals surface area contributed by atoms with E-state index in [2.05, 4.69) is 235 Å². The summed E-state index contributed by atoms with van der Waals surface area (Å²) in [6.07, 6.45) is 3.89. The molecule has 0 saturated carbocycles. The number of benzene rings is 9. The van der Waals surface area contributed by atoms with Crippen molar-refractivity contribution < 1.29 is 0 Å². The molecule has 11 rings (SSSR count). The fourth-order valence-electron chi connectivity index (χ4n) is 9.16. The number of hydrogen-bond acceptors (Lipinski definition) is 1. The minimum atomic E-state index is 1.10. The predicted octanol–water partition coefficient (Wildman–Crippen LogP) is 16.6. The lowest BCUT2D eigenvalue weighted by molar-refractivity contribution is 1.28. The van der Waals surface area contributed by atoms with Crippen LogP contribution in [0.3, 0.4) is 0 Å². The van der Waals surface area contributed by atoms with Gasteiger partial charge in [-0.1, -0.05) is 170 Å². The predicted molar refractivity (Wildman–Crippen MR) is 261 cm³/mol. The Morgan fingerprint density at radius 1 is 0.393 bits per heavy atom. The first-order valence-electron chi connectivity index (χ1n) is 20.9. The Kier molecular flexibility index (Phi) is 8.90. The molecule has 0 N–H and O–H groups in total. The summed E-state index contributed by atoms with van der Waals surface area (Å²) >= 11 is 0. The minimum Gasteiger partial charge on any atom is -0.311 e. The van der Waals surface area contributed by atoms with Gasteiger partial charge >= 0.3 is 0 Å². The van der Waals surface area contributed by atoms with Gasteiger partial charge in [0.2, 0.25) is 0 Å². The summed E-state index contributed by atoms with van der Waals surface area (Å²) in [6, 6.07) is 77.4. The van der Waals surface area contributed by atoms with Gasteiger partial charge < -0.3 is 9.30 Å². The van der Waals surface area contributed by atoms with Gasteiger partial charge in [-0.05, 0) is 123 Å². The van der Waals surface area contributed by atoms with Crippen molar-refractivity contribution in [3.63, 3.8) is 0 Å². The van der Waals surface area contributed by atoms with Crippen LogP contribution in [0.15, 0.2) is 231 Å². The van der Waals surface area contributed by atoms with Gasteiger partial charge in [-0.2, -0.15) is 0 Å². The molecule has 11 aromatic rings. The van der Waals surface area contributed by atoms with Crippen LogP contribution in [0.1, 0.15) is 12.5 Å². The molecule has 0 amide bonds. The van der Waals surface area contributed by atoms with Crippen LogP contribution in [0.4, 0.5) is 17.1 Å².